The van der Waals surface area contributed by atoms with Crippen molar-refractivity contribution in [2.45, 2.75) is 103 Å². The third-order valence-electron chi connectivity index (χ3n) is 5.24. The van der Waals surface area contributed by atoms with E-state index in [9.17, 15) is 14.4 Å². The Labute approximate surface area is 210 Å². The first-order valence-corrected chi connectivity index (χ1v) is 12.8. The zero-order valence-corrected chi connectivity index (χ0v) is 22.6. The van der Waals surface area contributed by atoms with Gasteiger partial charge in [-0.2, -0.15) is 0 Å². The summed E-state index contributed by atoms with van der Waals surface area (Å²) in [7, 11) is 0. The molecule has 2 aliphatic heterocycles. The van der Waals surface area contributed by atoms with E-state index in [1.807, 2.05) is 41.5 Å². The smallest absolute Gasteiger partial charge is 0.410 e. The number of hydrogen-bond donors (Lipinski definition) is 2. The summed E-state index contributed by atoms with van der Waals surface area (Å²) in [5, 5.41) is 2.99. The number of rotatable bonds is 4. The van der Waals surface area contributed by atoms with Crippen LogP contribution in [0.1, 0.15) is 80.1 Å². The van der Waals surface area contributed by atoms with Crippen LogP contribution < -0.4 is 11.1 Å². The molecule has 0 aromatic carbocycles. The largest absolute Gasteiger partial charge is 0.444 e. The van der Waals surface area contributed by atoms with Crippen molar-refractivity contribution in [1.82, 2.24) is 15.1 Å². The number of nitrogens with two attached hydrogens (primary N) is 1. The Bertz CT molecular complexity index is 647. The molecule has 0 atom stereocenters. The molecule has 0 bridgehead atoms. The molecule has 3 N–H and O–H groups in total. The highest BCUT2D eigenvalue weighted by atomic mass is 35.5. The van der Waals surface area contributed by atoms with Gasteiger partial charge >= 0.3 is 12.2 Å². The van der Waals surface area contributed by atoms with Gasteiger partial charge in [-0.3, -0.25) is 4.79 Å². The molecule has 0 saturated carbocycles. The number of carbonyl (C=O) groups is 3. The summed E-state index contributed by atoms with van der Waals surface area (Å²) in [5.74, 6) is 0.547. The van der Waals surface area contributed by atoms with Crippen LogP contribution in [0.4, 0.5) is 9.59 Å². The molecule has 0 aliphatic carbocycles. The van der Waals surface area contributed by atoms with Gasteiger partial charge in [-0.15, -0.1) is 11.6 Å². The standard InChI is InChI=1S/C14H25ClN2O3.C10H20N2O2/c1-14(2,3)20-13(19)17-9-6-11(7-10-17)16-12(18)5-4-8-15;1-10(2,3)14-9(13)12-6-4-8(11)5-7-12/h11H,4-10H2,1-3H3,(H,16,18);8H,4-7,11H2,1-3H3. The van der Waals surface area contributed by atoms with Crippen LogP contribution >= 0.6 is 11.6 Å². The second kappa shape index (κ2) is 14.0. The minimum Gasteiger partial charge on any atom is -0.444 e. The third kappa shape index (κ3) is 13.2. The lowest BCUT2D eigenvalue weighted by Crippen LogP contribution is -2.47. The molecule has 198 valence electrons. The van der Waals surface area contributed by atoms with Gasteiger partial charge in [-0.25, -0.2) is 9.59 Å². The van der Waals surface area contributed by atoms with E-state index in [1.54, 1.807) is 9.80 Å². The highest BCUT2D eigenvalue weighted by Gasteiger charge is 2.27. The minimum absolute atomic E-state index is 0.0429. The fourth-order valence-electron chi connectivity index (χ4n) is 3.47. The Morgan fingerprint density at radius 2 is 1.26 bits per heavy atom. The van der Waals surface area contributed by atoms with Crippen LogP contribution in [0.3, 0.4) is 0 Å². The Kier molecular flexibility index (Phi) is 12.4. The molecular weight excluding hydrogens is 460 g/mol. The van der Waals surface area contributed by atoms with Crippen molar-refractivity contribution in [1.29, 1.82) is 0 Å². The van der Waals surface area contributed by atoms with Gasteiger partial charge in [-0.1, -0.05) is 0 Å². The van der Waals surface area contributed by atoms with Gasteiger partial charge < -0.3 is 30.3 Å². The number of carbonyl (C=O) groups excluding carboxylic acids is 3. The van der Waals surface area contributed by atoms with Gasteiger partial charge in [0.1, 0.15) is 11.2 Å². The van der Waals surface area contributed by atoms with Crippen LogP contribution in [0.25, 0.3) is 0 Å². The molecule has 0 unspecified atom stereocenters. The lowest BCUT2D eigenvalue weighted by Gasteiger charge is -2.33. The molecule has 0 aromatic rings. The molecule has 2 fully saturated rings. The van der Waals surface area contributed by atoms with Gasteiger partial charge in [0.15, 0.2) is 0 Å². The summed E-state index contributed by atoms with van der Waals surface area (Å²) in [5.41, 5.74) is 4.87. The van der Waals surface area contributed by atoms with Crippen LogP contribution in [-0.2, 0) is 14.3 Å². The molecule has 9 nitrogen and oxygen atoms in total. The predicted octanol–water partition coefficient (Wildman–Crippen LogP) is 3.87. The molecule has 0 aromatic heterocycles. The second-order valence-corrected chi connectivity index (χ2v) is 11.3. The fourth-order valence-corrected chi connectivity index (χ4v) is 3.60. The highest BCUT2D eigenvalue weighted by Crippen LogP contribution is 2.16. The van der Waals surface area contributed by atoms with E-state index in [0.717, 1.165) is 38.8 Å². The van der Waals surface area contributed by atoms with E-state index >= 15 is 0 Å². The zero-order valence-electron chi connectivity index (χ0n) is 21.8. The summed E-state index contributed by atoms with van der Waals surface area (Å²) in [4.78, 5) is 38.5. The summed E-state index contributed by atoms with van der Waals surface area (Å²) in [6.45, 7) is 13.9. The zero-order chi connectivity index (χ0) is 25.9. The third-order valence-corrected chi connectivity index (χ3v) is 5.51. The quantitative estimate of drug-likeness (QED) is 0.562. The summed E-state index contributed by atoms with van der Waals surface area (Å²) in [6, 6.07) is 0.394. The van der Waals surface area contributed by atoms with Crippen molar-refractivity contribution in [3.8, 4) is 0 Å². The average molecular weight is 505 g/mol. The number of likely N-dealkylation sites (tertiary alicyclic amines) is 2. The monoisotopic (exact) mass is 504 g/mol. The van der Waals surface area contributed by atoms with E-state index < -0.39 is 11.2 Å². The number of alkyl halides is 1. The molecule has 2 heterocycles. The van der Waals surface area contributed by atoms with E-state index in [2.05, 4.69) is 5.32 Å². The van der Waals surface area contributed by atoms with E-state index in [1.165, 1.54) is 0 Å². The number of piperidine rings is 2. The molecule has 2 rings (SSSR count). The van der Waals surface area contributed by atoms with Crippen LogP contribution in [0.2, 0.25) is 0 Å². The summed E-state index contributed by atoms with van der Waals surface area (Å²) < 4.78 is 10.6. The van der Waals surface area contributed by atoms with Crippen LogP contribution in [-0.4, -0.2) is 83.2 Å². The van der Waals surface area contributed by atoms with Gasteiger partial charge in [0.05, 0.1) is 0 Å². The Hall–Kier alpha value is -1.74. The number of ether oxygens (including phenoxy) is 2. The summed E-state index contributed by atoms with van der Waals surface area (Å²) >= 11 is 5.56. The number of amides is 3. The Balaban J connectivity index is 0.000000362. The van der Waals surface area contributed by atoms with Crippen molar-refractivity contribution in [2.75, 3.05) is 32.1 Å². The molecule has 0 spiro atoms. The van der Waals surface area contributed by atoms with Crippen molar-refractivity contribution < 1.29 is 23.9 Å². The normalized spacial score (nSPS) is 18.0. The maximum Gasteiger partial charge on any atom is 0.410 e. The number of nitrogens with zero attached hydrogens (tertiary/aromatic N) is 2. The van der Waals surface area contributed by atoms with E-state index in [4.69, 9.17) is 26.8 Å². The topological polar surface area (TPSA) is 114 Å². The Morgan fingerprint density at radius 3 is 1.65 bits per heavy atom. The average Bonchev–Trinajstić information content (AvgIpc) is 2.71. The van der Waals surface area contributed by atoms with Crippen molar-refractivity contribution in [3.05, 3.63) is 0 Å². The first-order valence-electron chi connectivity index (χ1n) is 12.3. The van der Waals surface area contributed by atoms with Gasteiger partial charge in [-0.05, 0) is 73.6 Å². The SMILES string of the molecule is CC(C)(C)OC(=O)N1CCC(N)CC1.CC(C)(C)OC(=O)N1CCC(NC(=O)CCCCl)CC1. The lowest BCUT2D eigenvalue weighted by molar-refractivity contribution is -0.122. The molecule has 0 radical (unpaired) electrons. The predicted molar refractivity (Wildman–Crippen MR) is 134 cm³/mol. The highest BCUT2D eigenvalue weighted by molar-refractivity contribution is 6.17. The lowest BCUT2D eigenvalue weighted by atomic mass is 10.1. The van der Waals surface area contributed by atoms with E-state index in [-0.39, 0.29) is 30.2 Å². The molecule has 10 heteroatoms. The number of halogens is 1. The first kappa shape index (κ1) is 30.3. The molecule has 2 saturated heterocycles. The van der Waals surface area contributed by atoms with Gasteiger partial charge in [0, 0.05) is 50.6 Å². The van der Waals surface area contributed by atoms with Crippen molar-refractivity contribution in [2.24, 2.45) is 5.73 Å². The van der Waals surface area contributed by atoms with Crippen LogP contribution in [0, 0.1) is 0 Å². The van der Waals surface area contributed by atoms with Crippen LogP contribution in [0.15, 0.2) is 0 Å². The van der Waals surface area contributed by atoms with Gasteiger partial charge in [0.25, 0.3) is 0 Å². The number of hydrogen-bond acceptors (Lipinski definition) is 6. The summed E-state index contributed by atoms with van der Waals surface area (Å²) in [6.07, 6.45) is 3.96. The Morgan fingerprint density at radius 1 is 0.853 bits per heavy atom. The molecule has 3 amide bonds. The van der Waals surface area contributed by atoms with Crippen molar-refractivity contribution in [3.63, 3.8) is 0 Å². The maximum absolute atomic E-state index is 11.9. The van der Waals surface area contributed by atoms with E-state index in [0.29, 0.717) is 31.8 Å². The fraction of sp³-hybridized carbons (Fsp3) is 0.875. The van der Waals surface area contributed by atoms with Crippen molar-refractivity contribution >= 4 is 29.7 Å². The molecule has 2 aliphatic rings. The minimum atomic E-state index is -0.469. The molecule has 34 heavy (non-hydrogen) atoms. The molecular formula is C24H45ClN4O5. The maximum atomic E-state index is 11.9. The number of nitrogens with one attached hydrogen (secondary N) is 1. The first-order chi connectivity index (χ1) is 15.7. The van der Waals surface area contributed by atoms with Gasteiger partial charge in [0.2, 0.25) is 5.91 Å². The van der Waals surface area contributed by atoms with Crippen LogP contribution in [0.5, 0.6) is 0 Å². The second-order valence-electron chi connectivity index (χ2n) is 10.9.